The number of ether oxygens (including phenoxy) is 1. The number of hydrogen-bond donors (Lipinski definition) is 1. The quantitative estimate of drug-likeness (QED) is 0.914. The maximum atomic E-state index is 12.0. The van der Waals surface area contributed by atoms with E-state index in [1.165, 1.54) is 5.69 Å². The fraction of sp³-hybridized carbons (Fsp3) is 0.267. The van der Waals surface area contributed by atoms with Crippen LogP contribution in [0.25, 0.3) is 0 Å². The predicted molar refractivity (Wildman–Crippen MR) is 74.3 cm³/mol. The molecule has 0 radical (unpaired) electrons. The van der Waals surface area contributed by atoms with Crippen LogP contribution in [0.3, 0.4) is 0 Å². The van der Waals surface area contributed by atoms with E-state index >= 15 is 0 Å². The van der Waals surface area contributed by atoms with E-state index in [0.717, 1.165) is 11.4 Å². The van der Waals surface area contributed by atoms with Crippen LogP contribution in [0.15, 0.2) is 36.4 Å². The van der Waals surface area contributed by atoms with Gasteiger partial charge in [0.1, 0.15) is 5.75 Å². The van der Waals surface area contributed by atoms with Crippen LogP contribution < -0.4 is 10.1 Å². The molecule has 4 heteroatoms. The number of aryl methyl sites for hydroxylation is 1. The molecule has 0 aliphatic heterocycles. The molecule has 0 spiro atoms. The molecular weight excluding hydrogens is 240 g/mol. The van der Waals surface area contributed by atoms with Crippen molar-refractivity contribution in [2.45, 2.75) is 13.5 Å². The number of nitrogens with one attached hydrogen (secondary N) is 1. The van der Waals surface area contributed by atoms with Crippen molar-refractivity contribution in [3.63, 3.8) is 0 Å². The van der Waals surface area contributed by atoms with Crippen molar-refractivity contribution in [3.05, 3.63) is 53.3 Å². The summed E-state index contributed by atoms with van der Waals surface area (Å²) < 4.78 is 7.13. The molecule has 0 saturated heterocycles. The van der Waals surface area contributed by atoms with Crippen LogP contribution in [0.1, 0.15) is 21.7 Å². The fourth-order valence-electron chi connectivity index (χ4n) is 1.86. The van der Waals surface area contributed by atoms with Crippen LogP contribution in [-0.2, 0) is 13.6 Å². The first-order valence-electron chi connectivity index (χ1n) is 6.15. The number of aromatic nitrogens is 1. The standard InChI is InChI=1S/C15H18N2O2/c1-11-4-7-13(17(11)2)10-16-15(18)12-5-8-14(19-3)9-6-12/h4-9H,10H2,1-3H3,(H,16,18). The molecule has 0 aliphatic rings. The van der Waals surface area contributed by atoms with E-state index in [1.807, 2.05) is 26.1 Å². The lowest BCUT2D eigenvalue weighted by atomic mass is 10.2. The van der Waals surface area contributed by atoms with Crippen LogP contribution in [-0.4, -0.2) is 17.6 Å². The van der Waals surface area contributed by atoms with Crippen molar-refractivity contribution in [1.29, 1.82) is 0 Å². The monoisotopic (exact) mass is 258 g/mol. The zero-order valence-electron chi connectivity index (χ0n) is 11.4. The summed E-state index contributed by atoms with van der Waals surface area (Å²) in [5.74, 6) is 0.663. The second-order valence-electron chi connectivity index (χ2n) is 4.44. The van der Waals surface area contributed by atoms with Gasteiger partial charge in [0.05, 0.1) is 13.7 Å². The third-order valence-corrected chi connectivity index (χ3v) is 3.26. The topological polar surface area (TPSA) is 43.3 Å². The van der Waals surface area contributed by atoms with Crippen LogP contribution in [0, 0.1) is 6.92 Å². The van der Waals surface area contributed by atoms with Gasteiger partial charge in [-0.2, -0.15) is 0 Å². The van der Waals surface area contributed by atoms with Crippen molar-refractivity contribution in [2.75, 3.05) is 7.11 Å². The van der Waals surface area contributed by atoms with Gasteiger partial charge in [0.2, 0.25) is 0 Å². The van der Waals surface area contributed by atoms with Crippen LogP contribution in [0.5, 0.6) is 5.75 Å². The van der Waals surface area contributed by atoms with Crippen LogP contribution in [0.2, 0.25) is 0 Å². The van der Waals surface area contributed by atoms with Gasteiger partial charge in [0.25, 0.3) is 5.91 Å². The summed E-state index contributed by atoms with van der Waals surface area (Å²) in [5, 5.41) is 2.91. The molecule has 1 N–H and O–H groups in total. The van der Waals surface area contributed by atoms with E-state index in [2.05, 4.69) is 9.88 Å². The highest BCUT2D eigenvalue weighted by Crippen LogP contribution is 2.11. The number of carbonyl (C=O) groups is 1. The lowest BCUT2D eigenvalue weighted by Crippen LogP contribution is -2.23. The van der Waals surface area contributed by atoms with Gasteiger partial charge >= 0.3 is 0 Å². The maximum Gasteiger partial charge on any atom is 0.251 e. The largest absolute Gasteiger partial charge is 0.497 e. The molecule has 1 amide bonds. The number of nitrogens with zero attached hydrogens (tertiary/aromatic N) is 1. The Hall–Kier alpha value is -2.23. The zero-order chi connectivity index (χ0) is 13.8. The Balaban J connectivity index is 1.99. The number of amides is 1. The summed E-state index contributed by atoms with van der Waals surface area (Å²) in [6, 6.07) is 11.1. The fourth-order valence-corrected chi connectivity index (χ4v) is 1.86. The molecule has 1 aromatic carbocycles. The van der Waals surface area contributed by atoms with Crippen molar-refractivity contribution >= 4 is 5.91 Å². The Labute approximate surface area is 113 Å². The lowest BCUT2D eigenvalue weighted by molar-refractivity contribution is 0.0950. The summed E-state index contributed by atoms with van der Waals surface area (Å²) >= 11 is 0. The predicted octanol–water partition coefficient (Wildman–Crippen LogP) is 2.27. The summed E-state index contributed by atoms with van der Waals surface area (Å²) in [6.07, 6.45) is 0. The average molecular weight is 258 g/mol. The maximum absolute atomic E-state index is 12.0. The molecule has 0 unspecified atom stereocenters. The average Bonchev–Trinajstić information content (AvgIpc) is 2.76. The van der Waals surface area contributed by atoms with Gasteiger partial charge in [-0.1, -0.05) is 0 Å². The number of methoxy groups -OCH3 is 1. The van der Waals surface area contributed by atoms with Gasteiger partial charge in [0, 0.05) is 24.0 Å². The van der Waals surface area contributed by atoms with Gasteiger partial charge in [-0.15, -0.1) is 0 Å². The normalized spacial score (nSPS) is 10.3. The Morgan fingerprint density at radius 2 is 1.89 bits per heavy atom. The number of carbonyl (C=O) groups excluding carboxylic acids is 1. The molecule has 0 bridgehead atoms. The molecule has 1 heterocycles. The summed E-state index contributed by atoms with van der Waals surface area (Å²) in [5.41, 5.74) is 2.89. The van der Waals surface area contributed by atoms with E-state index < -0.39 is 0 Å². The minimum absolute atomic E-state index is 0.0819. The minimum atomic E-state index is -0.0819. The molecule has 2 aromatic rings. The Kier molecular flexibility index (Phi) is 3.90. The van der Waals surface area contributed by atoms with Gasteiger partial charge in [0.15, 0.2) is 0 Å². The summed E-state index contributed by atoms with van der Waals surface area (Å²) in [4.78, 5) is 12.0. The van der Waals surface area contributed by atoms with Gasteiger partial charge in [-0.05, 0) is 43.3 Å². The molecule has 0 saturated carbocycles. The lowest BCUT2D eigenvalue weighted by Gasteiger charge is -2.08. The molecule has 100 valence electrons. The van der Waals surface area contributed by atoms with Crippen LogP contribution >= 0.6 is 0 Å². The second-order valence-corrected chi connectivity index (χ2v) is 4.44. The third kappa shape index (κ3) is 2.96. The summed E-state index contributed by atoms with van der Waals surface area (Å²) in [7, 11) is 3.59. The first-order valence-corrected chi connectivity index (χ1v) is 6.15. The van der Waals surface area contributed by atoms with Crippen molar-refractivity contribution in [1.82, 2.24) is 9.88 Å². The molecule has 1 aromatic heterocycles. The second kappa shape index (κ2) is 5.61. The zero-order valence-corrected chi connectivity index (χ0v) is 11.4. The van der Waals surface area contributed by atoms with E-state index in [1.54, 1.807) is 31.4 Å². The Morgan fingerprint density at radius 1 is 1.21 bits per heavy atom. The smallest absolute Gasteiger partial charge is 0.251 e. The first kappa shape index (κ1) is 13.2. The number of rotatable bonds is 4. The van der Waals surface area contributed by atoms with Crippen molar-refractivity contribution < 1.29 is 9.53 Å². The molecule has 2 rings (SSSR count). The Morgan fingerprint density at radius 3 is 2.42 bits per heavy atom. The first-order chi connectivity index (χ1) is 9.11. The van der Waals surface area contributed by atoms with E-state index in [0.29, 0.717) is 12.1 Å². The third-order valence-electron chi connectivity index (χ3n) is 3.26. The van der Waals surface area contributed by atoms with E-state index in [9.17, 15) is 4.79 Å². The van der Waals surface area contributed by atoms with Gasteiger partial charge < -0.3 is 14.6 Å². The SMILES string of the molecule is COc1ccc(C(=O)NCc2ccc(C)n2C)cc1. The molecule has 0 atom stereocenters. The number of benzene rings is 1. The highest BCUT2D eigenvalue weighted by molar-refractivity contribution is 5.94. The highest BCUT2D eigenvalue weighted by Gasteiger charge is 2.07. The summed E-state index contributed by atoms with van der Waals surface area (Å²) in [6.45, 7) is 2.56. The van der Waals surface area contributed by atoms with Crippen LogP contribution in [0.4, 0.5) is 0 Å². The van der Waals surface area contributed by atoms with Gasteiger partial charge in [-0.25, -0.2) is 0 Å². The highest BCUT2D eigenvalue weighted by atomic mass is 16.5. The molecule has 4 nitrogen and oxygen atoms in total. The minimum Gasteiger partial charge on any atom is -0.497 e. The van der Waals surface area contributed by atoms with Gasteiger partial charge in [-0.3, -0.25) is 4.79 Å². The Bertz CT molecular complexity index is 570. The van der Waals surface area contributed by atoms with Crippen molar-refractivity contribution in [3.8, 4) is 5.75 Å². The van der Waals surface area contributed by atoms with E-state index in [-0.39, 0.29) is 5.91 Å². The molecule has 0 fully saturated rings. The van der Waals surface area contributed by atoms with E-state index in [4.69, 9.17) is 4.74 Å². The number of hydrogen-bond acceptors (Lipinski definition) is 2. The molecule has 0 aliphatic carbocycles. The molecule has 19 heavy (non-hydrogen) atoms. The molecular formula is C15H18N2O2. The van der Waals surface area contributed by atoms with Crippen molar-refractivity contribution in [2.24, 2.45) is 7.05 Å².